The topological polar surface area (TPSA) is 0 Å². The Bertz CT molecular complexity index is 394. The van der Waals surface area contributed by atoms with Crippen LogP contribution >= 0.6 is 0 Å². The Labute approximate surface area is 108 Å². The first-order valence-corrected chi connectivity index (χ1v) is 6.81. The van der Waals surface area contributed by atoms with Crippen molar-refractivity contribution in [1.82, 2.24) is 0 Å². The standard InChI is InChI=1S/C16H20F2/c1-2-12-3-7-14(8-4-12)15-9-5-13(6-10-15)11-16(17)18/h5-6,9-12,14H,2-4,7-8H2,1H3. The van der Waals surface area contributed by atoms with Crippen molar-refractivity contribution in [1.29, 1.82) is 0 Å². The molecule has 0 atom stereocenters. The fraction of sp³-hybridized carbons (Fsp3) is 0.500. The molecular formula is C16H20F2. The van der Waals surface area contributed by atoms with Crippen molar-refractivity contribution in [3.63, 3.8) is 0 Å². The minimum atomic E-state index is -1.63. The molecule has 1 saturated carbocycles. The van der Waals surface area contributed by atoms with Crippen molar-refractivity contribution in [3.8, 4) is 0 Å². The van der Waals surface area contributed by atoms with Crippen LogP contribution in [0.3, 0.4) is 0 Å². The first kappa shape index (κ1) is 13.3. The van der Waals surface area contributed by atoms with Crippen LogP contribution in [0.1, 0.15) is 56.1 Å². The number of hydrogen-bond acceptors (Lipinski definition) is 0. The second-order valence-electron chi connectivity index (χ2n) is 5.23. The van der Waals surface area contributed by atoms with Gasteiger partial charge in [0, 0.05) is 6.08 Å². The molecule has 0 spiro atoms. The second kappa shape index (κ2) is 6.12. The van der Waals surface area contributed by atoms with Gasteiger partial charge in [-0.15, -0.1) is 0 Å². The van der Waals surface area contributed by atoms with Crippen LogP contribution in [0.25, 0.3) is 6.08 Å². The highest BCUT2D eigenvalue weighted by Gasteiger charge is 2.20. The Morgan fingerprint density at radius 3 is 2.22 bits per heavy atom. The maximum Gasteiger partial charge on any atom is 0.270 e. The van der Waals surface area contributed by atoms with Gasteiger partial charge in [-0.3, -0.25) is 0 Å². The third-order valence-corrected chi connectivity index (χ3v) is 4.11. The molecule has 1 aliphatic carbocycles. The average Bonchev–Trinajstić information content (AvgIpc) is 2.39. The van der Waals surface area contributed by atoms with Gasteiger partial charge in [-0.05, 0) is 48.6 Å². The molecule has 0 saturated heterocycles. The zero-order valence-electron chi connectivity index (χ0n) is 10.8. The molecule has 18 heavy (non-hydrogen) atoms. The van der Waals surface area contributed by atoms with Crippen molar-refractivity contribution in [2.24, 2.45) is 5.92 Å². The van der Waals surface area contributed by atoms with Gasteiger partial charge in [0.2, 0.25) is 0 Å². The molecule has 1 fully saturated rings. The maximum atomic E-state index is 12.1. The van der Waals surface area contributed by atoms with E-state index in [1.807, 2.05) is 12.1 Å². The lowest BCUT2D eigenvalue weighted by molar-refractivity contribution is 0.319. The molecule has 0 bridgehead atoms. The highest BCUT2D eigenvalue weighted by atomic mass is 19.3. The first-order valence-electron chi connectivity index (χ1n) is 6.81. The highest BCUT2D eigenvalue weighted by molar-refractivity contribution is 5.50. The summed E-state index contributed by atoms with van der Waals surface area (Å²) in [6.45, 7) is 2.26. The van der Waals surface area contributed by atoms with Gasteiger partial charge in [-0.25, -0.2) is 0 Å². The summed E-state index contributed by atoms with van der Waals surface area (Å²) < 4.78 is 24.2. The van der Waals surface area contributed by atoms with E-state index in [1.165, 1.54) is 37.7 Å². The zero-order valence-corrected chi connectivity index (χ0v) is 10.8. The van der Waals surface area contributed by atoms with Crippen molar-refractivity contribution in [2.45, 2.75) is 44.9 Å². The summed E-state index contributed by atoms with van der Waals surface area (Å²) in [5.74, 6) is 1.52. The molecule has 1 aromatic carbocycles. The highest BCUT2D eigenvalue weighted by Crippen LogP contribution is 2.36. The quantitative estimate of drug-likeness (QED) is 0.654. The van der Waals surface area contributed by atoms with Crippen molar-refractivity contribution in [3.05, 3.63) is 41.5 Å². The normalized spacial score (nSPS) is 23.7. The summed E-state index contributed by atoms with van der Waals surface area (Å²) in [4.78, 5) is 0. The lowest BCUT2D eigenvalue weighted by Gasteiger charge is -2.28. The maximum absolute atomic E-state index is 12.1. The fourth-order valence-electron chi connectivity index (χ4n) is 2.89. The largest absolute Gasteiger partial charge is 0.270 e. The smallest absolute Gasteiger partial charge is 0.173 e. The van der Waals surface area contributed by atoms with Gasteiger partial charge in [0.05, 0.1) is 0 Å². The first-order chi connectivity index (χ1) is 8.69. The van der Waals surface area contributed by atoms with Crippen LogP contribution in [0.5, 0.6) is 0 Å². The Morgan fingerprint density at radius 2 is 1.72 bits per heavy atom. The van der Waals surface area contributed by atoms with E-state index in [2.05, 4.69) is 6.92 Å². The van der Waals surface area contributed by atoms with Crippen LogP contribution in [-0.4, -0.2) is 0 Å². The number of benzene rings is 1. The molecule has 1 aromatic rings. The Hall–Kier alpha value is -1.18. The van der Waals surface area contributed by atoms with Crippen LogP contribution < -0.4 is 0 Å². The monoisotopic (exact) mass is 250 g/mol. The third kappa shape index (κ3) is 3.41. The van der Waals surface area contributed by atoms with Gasteiger partial charge in [0.1, 0.15) is 0 Å². The average molecular weight is 250 g/mol. The van der Waals surface area contributed by atoms with Crippen LogP contribution in [-0.2, 0) is 0 Å². The predicted octanol–water partition coefficient (Wildman–Crippen LogP) is 5.61. The summed E-state index contributed by atoms with van der Waals surface area (Å²) in [7, 11) is 0. The van der Waals surface area contributed by atoms with Crippen LogP contribution in [0.2, 0.25) is 0 Å². The van der Waals surface area contributed by atoms with Gasteiger partial charge in [0.25, 0.3) is 6.08 Å². The van der Waals surface area contributed by atoms with E-state index in [4.69, 9.17) is 0 Å². The van der Waals surface area contributed by atoms with Crippen LogP contribution in [0.15, 0.2) is 30.3 Å². The summed E-state index contributed by atoms with van der Waals surface area (Å²) in [6.07, 6.45) is 5.66. The minimum Gasteiger partial charge on any atom is -0.173 e. The summed E-state index contributed by atoms with van der Waals surface area (Å²) in [6, 6.07) is 7.60. The number of halogens is 2. The van der Waals surface area contributed by atoms with Crippen molar-refractivity contribution < 1.29 is 8.78 Å². The molecule has 0 heterocycles. The van der Waals surface area contributed by atoms with Crippen molar-refractivity contribution in [2.75, 3.05) is 0 Å². The van der Waals surface area contributed by atoms with E-state index < -0.39 is 6.08 Å². The van der Waals surface area contributed by atoms with Crippen LogP contribution in [0.4, 0.5) is 8.78 Å². The molecule has 2 heteroatoms. The zero-order chi connectivity index (χ0) is 13.0. The Balaban J connectivity index is 2.00. The van der Waals surface area contributed by atoms with E-state index in [9.17, 15) is 8.78 Å². The molecule has 0 unspecified atom stereocenters. The number of rotatable bonds is 3. The van der Waals surface area contributed by atoms with E-state index in [-0.39, 0.29) is 0 Å². The van der Waals surface area contributed by atoms with Gasteiger partial charge in [-0.2, -0.15) is 8.78 Å². The molecule has 0 amide bonds. The molecule has 0 radical (unpaired) electrons. The van der Waals surface area contributed by atoms with Crippen LogP contribution in [0, 0.1) is 5.92 Å². The molecule has 0 aromatic heterocycles. The van der Waals surface area contributed by atoms with E-state index >= 15 is 0 Å². The Morgan fingerprint density at radius 1 is 1.11 bits per heavy atom. The molecule has 0 nitrogen and oxygen atoms in total. The van der Waals surface area contributed by atoms with E-state index in [0.29, 0.717) is 11.5 Å². The number of hydrogen-bond donors (Lipinski definition) is 0. The molecule has 2 rings (SSSR count). The summed E-state index contributed by atoms with van der Waals surface area (Å²) in [5.41, 5.74) is 1.89. The van der Waals surface area contributed by atoms with Crippen molar-refractivity contribution >= 4 is 6.08 Å². The predicted molar refractivity (Wildman–Crippen MR) is 71.6 cm³/mol. The molecule has 0 aliphatic heterocycles. The van der Waals surface area contributed by atoms with Gasteiger partial charge in [-0.1, -0.05) is 37.6 Å². The summed E-state index contributed by atoms with van der Waals surface area (Å²) >= 11 is 0. The SMILES string of the molecule is CCC1CCC(c2ccc(C=C(F)F)cc2)CC1. The molecule has 98 valence electrons. The van der Waals surface area contributed by atoms with Gasteiger partial charge < -0.3 is 0 Å². The fourth-order valence-corrected chi connectivity index (χ4v) is 2.89. The van der Waals surface area contributed by atoms with Gasteiger partial charge in [0.15, 0.2) is 0 Å². The second-order valence-corrected chi connectivity index (χ2v) is 5.23. The van der Waals surface area contributed by atoms with E-state index in [1.54, 1.807) is 12.1 Å². The molecular weight excluding hydrogens is 230 g/mol. The third-order valence-electron chi connectivity index (χ3n) is 4.11. The van der Waals surface area contributed by atoms with Gasteiger partial charge >= 0.3 is 0 Å². The summed E-state index contributed by atoms with van der Waals surface area (Å²) in [5, 5.41) is 0. The minimum absolute atomic E-state index is 0.584. The molecule has 1 aliphatic rings. The molecule has 0 N–H and O–H groups in total. The Kier molecular flexibility index (Phi) is 4.51. The van der Waals surface area contributed by atoms with E-state index in [0.717, 1.165) is 12.0 Å². The lowest BCUT2D eigenvalue weighted by atomic mass is 9.78. The lowest BCUT2D eigenvalue weighted by Crippen LogP contribution is -2.12.